The van der Waals surface area contributed by atoms with Crippen molar-refractivity contribution >= 4 is 17.2 Å². The zero-order valence-corrected chi connectivity index (χ0v) is 21.6. The van der Waals surface area contributed by atoms with E-state index in [1.54, 1.807) is 0 Å². The fourth-order valence-electron chi connectivity index (χ4n) is 5.46. The van der Waals surface area contributed by atoms with Crippen molar-refractivity contribution in [1.82, 2.24) is 14.3 Å². The number of carbonyl (C=O) groups is 1. The molecule has 1 unspecified atom stereocenters. The third-order valence-corrected chi connectivity index (χ3v) is 7.64. The summed E-state index contributed by atoms with van der Waals surface area (Å²) in [6.45, 7) is 3.77. The molecule has 3 heterocycles. The van der Waals surface area contributed by atoms with Gasteiger partial charge in [0.25, 0.3) is 0 Å². The second-order valence-electron chi connectivity index (χ2n) is 10.3. The maximum absolute atomic E-state index is 13.6. The number of rotatable bonds is 7. The van der Waals surface area contributed by atoms with Gasteiger partial charge in [-0.15, -0.1) is 0 Å². The lowest BCUT2D eigenvalue weighted by Gasteiger charge is -2.33. The lowest BCUT2D eigenvalue weighted by atomic mass is 9.88. The third-order valence-electron chi connectivity index (χ3n) is 7.64. The number of aryl methyl sites for hydroxylation is 1. The van der Waals surface area contributed by atoms with E-state index in [0.29, 0.717) is 12.3 Å². The van der Waals surface area contributed by atoms with Gasteiger partial charge in [-0.25, -0.2) is 4.98 Å². The van der Waals surface area contributed by atoms with Crippen LogP contribution in [0.4, 0.5) is 5.69 Å². The highest BCUT2D eigenvalue weighted by Gasteiger charge is 2.28. The predicted molar refractivity (Wildman–Crippen MR) is 147 cm³/mol. The van der Waals surface area contributed by atoms with Crippen molar-refractivity contribution in [3.8, 4) is 0 Å². The average Bonchev–Trinajstić information content (AvgIpc) is 3.33. The molecule has 5 nitrogen and oxygen atoms in total. The van der Waals surface area contributed by atoms with E-state index in [1.807, 2.05) is 20.3 Å². The zero-order chi connectivity index (χ0) is 25.1. The number of fused-ring (bicyclic) bond motifs is 1. The quantitative estimate of drug-likeness (QED) is 0.340. The Morgan fingerprint density at radius 1 is 1.00 bits per heavy atom. The largest absolute Gasteiger partial charge is 0.378 e. The van der Waals surface area contributed by atoms with Gasteiger partial charge >= 0.3 is 0 Å². The van der Waals surface area contributed by atoms with Crippen molar-refractivity contribution in [2.75, 3.05) is 32.1 Å². The molecule has 0 N–H and O–H groups in total. The highest BCUT2D eigenvalue weighted by atomic mass is 16.2. The summed E-state index contributed by atoms with van der Waals surface area (Å²) >= 11 is 0. The Bertz CT molecular complexity index is 1300. The van der Waals surface area contributed by atoms with E-state index in [1.165, 1.54) is 5.56 Å². The topological polar surface area (TPSA) is 40.9 Å². The minimum atomic E-state index is -0.0486. The lowest BCUT2D eigenvalue weighted by molar-refractivity contribution is -0.132. The highest BCUT2D eigenvalue weighted by molar-refractivity contribution is 5.78. The molecule has 1 aliphatic heterocycles. The number of hydrogen-bond acceptors (Lipinski definition) is 3. The van der Waals surface area contributed by atoms with Gasteiger partial charge in [0.1, 0.15) is 5.65 Å². The van der Waals surface area contributed by atoms with Gasteiger partial charge in [0.2, 0.25) is 5.91 Å². The summed E-state index contributed by atoms with van der Waals surface area (Å²) in [6, 6.07) is 23.4. The average molecular weight is 481 g/mol. The van der Waals surface area contributed by atoms with Gasteiger partial charge in [-0.05, 0) is 67.0 Å². The van der Waals surface area contributed by atoms with Crippen molar-refractivity contribution < 1.29 is 4.79 Å². The van der Waals surface area contributed by atoms with Crippen LogP contribution in [0.2, 0.25) is 0 Å². The van der Waals surface area contributed by atoms with Gasteiger partial charge in [-0.3, -0.25) is 4.79 Å². The summed E-state index contributed by atoms with van der Waals surface area (Å²) in [5, 5.41) is 0. The van der Waals surface area contributed by atoms with Crippen molar-refractivity contribution in [2.24, 2.45) is 5.92 Å². The van der Waals surface area contributed by atoms with Gasteiger partial charge in [0, 0.05) is 57.6 Å². The second-order valence-corrected chi connectivity index (χ2v) is 10.3. The van der Waals surface area contributed by atoms with Crippen LogP contribution in [-0.2, 0) is 11.2 Å². The number of pyridine rings is 1. The van der Waals surface area contributed by atoms with Crippen LogP contribution < -0.4 is 4.90 Å². The molecule has 1 fully saturated rings. The molecule has 5 heteroatoms. The summed E-state index contributed by atoms with van der Waals surface area (Å²) in [4.78, 5) is 22.5. The van der Waals surface area contributed by atoms with Crippen LogP contribution in [0.15, 0.2) is 79.1 Å². The normalized spacial score (nSPS) is 15.2. The van der Waals surface area contributed by atoms with E-state index in [-0.39, 0.29) is 11.8 Å². The number of likely N-dealkylation sites (tertiary alicyclic amines) is 1. The minimum Gasteiger partial charge on any atom is -0.378 e. The van der Waals surface area contributed by atoms with Crippen molar-refractivity contribution in [3.05, 3.63) is 102 Å². The maximum atomic E-state index is 13.6. The fraction of sp³-hybridized carbons (Fsp3) is 0.355. The summed E-state index contributed by atoms with van der Waals surface area (Å²) in [7, 11) is 4.09. The number of aromatic nitrogens is 2. The lowest BCUT2D eigenvalue weighted by Crippen LogP contribution is -2.39. The van der Waals surface area contributed by atoms with Crippen LogP contribution in [0.1, 0.15) is 47.6 Å². The van der Waals surface area contributed by atoms with Crippen molar-refractivity contribution in [1.29, 1.82) is 0 Å². The first-order valence-corrected chi connectivity index (χ1v) is 13.0. The number of benzene rings is 2. The molecule has 1 aliphatic rings. The Labute approximate surface area is 214 Å². The third kappa shape index (κ3) is 5.15. The van der Waals surface area contributed by atoms with Crippen LogP contribution in [0.3, 0.4) is 0 Å². The molecule has 0 spiro atoms. The van der Waals surface area contributed by atoms with Crippen LogP contribution in [-0.4, -0.2) is 47.4 Å². The van der Waals surface area contributed by atoms with Gasteiger partial charge in [0.15, 0.2) is 0 Å². The molecule has 1 amide bonds. The number of nitrogens with zero attached hydrogens (tertiary/aromatic N) is 4. The van der Waals surface area contributed by atoms with Gasteiger partial charge in [0.05, 0.1) is 5.69 Å². The Morgan fingerprint density at radius 3 is 2.42 bits per heavy atom. The first-order valence-electron chi connectivity index (χ1n) is 13.0. The minimum absolute atomic E-state index is 0.0486. The molecular weight excluding hydrogens is 444 g/mol. The molecule has 2 aromatic carbocycles. The molecule has 0 bridgehead atoms. The Balaban J connectivity index is 1.34. The monoisotopic (exact) mass is 480 g/mol. The van der Waals surface area contributed by atoms with Crippen LogP contribution in [0, 0.1) is 12.8 Å². The molecule has 5 rings (SSSR count). The molecule has 0 saturated carbocycles. The Kier molecular flexibility index (Phi) is 7.08. The first-order chi connectivity index (χ1) is 17.5. The predicted octanol–water partition coefficient (Wildman–Crippen LogP) is 5.71. The van der Waals surface area contributed by atoms with E-state index >= 15 is 0 Å². The number of amides is 1. The van der Waals surface area contributed by atoms with E-state index in [2.05, 4.69) is 94.1 Å². The number of piperidine rings is 1. The summed E-state index contributed by atoms with van der Waals surface area (Å²) < 4.78 is 2.15. The molecular formula is C31H36N4O. The standard InChI is InChI=1S/C31H36N4O/c1-23-8-7-17-35-29(22-32-31(23)35)28(26-11-13-27(14-12-26)33(2)3)21-30(36)34-18-15-25(16-19-34)20-24-9-5-4-6-10-24/h4-14,17,22,25,28H,15-16,18-21H2,1-3H3. The van der Waals surface area contributed by atoms with Crippen molar-refractivity contribution in [2.45, 2.75) is 38.5 Å². The second kappa shape index (κ2) is 10.6. The molecule has 0 aliphatic carbocycles. The van der Waals surface area contributed by atoms with E-state index < -0.39 is 0 Å². The summed E-state index contributed by atoms with van der Waals surface area (Å²) in [5.41, 5.74) is 6.86. The van der Waals surface area contributed by atoms with Crippen LogP contribution >= 0.6 is 0 Å². The molecule has 36 heavy (non-hydrogen) atoms. The number of anilines is 1. The summed E-state index contributed by atoms with van der Waals surface area (Å²) in [5.74, 6) is 0.831. The number of hydrogen-bond donors (Lipinski definition) is 0. The molecule has 4 aromatic rings. The molecule has 0 radical (unpaired) electrons. The summed E-state index contributed by atoms with van der Waals surface area (Å²) in [6.07, 6.45) is 7.70. The van der Waals surface area contributed by atoms with E-state index in [0.717, 1.165) is 60.5 Å². The fourth-order valence-corrected chi connectivity index (χ4v) is 5.46. The molecule has 2 aromatic heterocycles. The zero-order valence-electron chi connectivity index (χ0n) is 21.6. The molecule has 1 saturated heterocycles. The van der Waals surface area contributed by atoms with Crippen LogP contribution in [0.5, 0.6) is 0 Å². The maximum Gasteiger partial charge on any atom is 0.223 e. The SMILES string of the molecule is Cc1cccn2c(C(CC(=O)N3CCC(Cc4ccccc4)CC3)c3ccc(N(C)C)cc3)cnc12. The first kappa shape index (κ1) is 24.1. The number of imidazole rings is 1. The van der Waals surface area contributed by atoms with Gasteiger partial charge < -0.3 is 14.2 Å². The molecule has 1 atom stereocenters. The van der Waals surface area contributed by atoms with E-state index in [9.17, 15) is 4.79 Å². The highest BCUT2D eigenvalue weighted by Crippen LogP contribution is 2.32. The van der Waals surface area contributed by atoms with Gasteiger partial charge in [-0.1, -0.05) is 48.5 Å². The Morgan fingerprint density at radius 2 is 1.72 bits per heavy atom. The van der Waals surface area contributed by atoms with E-state index in [4.69, 9.17) is 4.98 Å². The van der Waals surface area contributed by atoms with Crippen LogP contribution in [0.25, 0.3) is 5.65 Å². The smallest absolute Gasteiger partial charge is 0.223 e. The van der Waals surface area contributed by atoms with Gasteiger partial charge in [-0.2, -0.15) is 0 Å². The molecule has 186 valence electrons. The van der Waals surface area contributed by atoms with Crippen molar-refractivity contribution in [3.63, 3.8) is 0 Å². The Hall–Kier alpha value is -3.60. The number of carbonyl (C=O) groups excluding carboxylic acids is 1.